The Balaban J connectivity index is 0.942. The third kappa shape index (κ3) is 9.59. The van der Waals surface area contributed by atoms with Crippen LogP contribution < -0.4 is 9.80 Å². The van der Waals surface area contributed by atoms with Gasteiger partial charge in [-0.3, -0.25) is 0 Å². The lowest BCUT2D eigenvalue weighted by molar-refractivity contribution is -0.160. The minimum atomic E-state index is -5.29. The van der Waals surface area contributed by atoms with Crippen molar-refractivity contribution in [3.63, 3.8) is 0 Å². The minimum absolute atomic E-state index is 0.0614. The summed E-state index contributed by atoms with van der Waals surface area (Å²) < 4.78 is 89.7. The van der Waals surface area contributed by atoms with Crippen LogP contribution in [-0.4, -0.2) is 0 Å². The molecule has 0 fully saturated rings. The molecule has 0 bridgehead atoms. The predicted octanol–water partition coefficient (Wildman–Crippen LogP) is 20.9. The highest BCUT2D eigenvalue weighted by molar-refractivity contribution is 6.13. The molecule has 11 rings (SSSR count). The molecule has 0 aliphatic carbocycles. The molecule has 0 unspecified atom stereocenters. The highest BCUT2D eigenvalue weighted by Gasteiger charge is 2.46. The summed E-state index contributed by atoms with van der Waals surface area (Å²) in [4.78, 5) is 4.43. The second-order valence-electron chi connectivity index (χ2n) is 19.4. The van der Waals surface area contributed by atoms with E-state index in [1.165, 1.54) is 23.3 Å². The van der Waals surface area contributed by atoms with Crippen molar-refractivity contribution in [1.82, 2.24) is 0 Å². The van der Waals surface area contributed by atoms with E-state index in [0.29, 0.717) is 11.1 Å². The van der Waals surface area contributed by atoms with Gasteiger partial charge in [0.05, 0.1) is 22.5 Å². The first-order valence-electron chi connectivity index (χ1n) is 25.0. The number of alkyl halides is 6. The summed E-state index contributed by atoms with van der Waals surface area (Å²) >= 11 is 0. The van der Waals surface area contributed by atoms with E-state index in [0.717, 1.165) is 90.1 Å². The fraction of sp³-hybridized carbons (Fsp3) is 0.0882. The average molecular weight is 1010 g/mol. The summed E-state index contributed by atoms with van der Waals surface area (Å²) in [6, 6.07) is 66.0. The maximum atomic E-state index is 15.0. The molecule has 0 spiro atoms. The van der Waals surface area contributed by atoms with E-state index >= 15 is 0 Å². The van der Waals surface area contributed by atoms with Crippen molar-refractivity contribution in [3.8, 4) is 0 Å². The maximum Gasteiger partial charge on any atom is 0.417 e. The quantitative estimate of drug-likeness (QED) is 0.0765. The number of halogens is 6. The largest absolute Gasteiger partial charge is 0.417 e. The highest BCUT2D eigenvalue weighted by Crippen LogP contribution is 2.49. The molecule has 11 aromatic rings. The maximum absolute atomic E-state index is 15.0. The summed E-state index contributed by atoms with van der Waals surface area (Å²) in [6.45, 7) is 8.30. The van der Waals surface area contributed by atoms with Crippen LogP contribution in [0.5, 0.6) is 0 Å². The molecule has 0 atom stereocenters. The predicted molar refractivity (Wildman–Crippen MR) is 306 cm³/mol. The van der Waals surface area contributed by atoms with Crippen LogP contribution >= 0.6 is 0 Å². The standard InChI is InChI=1S/C68H50F6N2/c1-43-13-29-51(30-14-43)75(63-39-17-45(3)55-9-5-7-11-57(55)63)53-33-23-47(24-34-53)19-21-49-27-37-59-61(41-49)62-42-50(28-38-60(62)66(68(72,73)74)65(59)67(69,70)71)22-20-48-25-35-54(36-26-48)76(52-31-15-44(2)16-32-52)64-40-18-46(4)56-10-6-8-12-58(56)64/h5-42H,1-4H3/b21-19-,22-20+. The van der Waals surface area contributed by atoms with Crippen LogP contribution in [0.2, 0.25) is 0 Å². The van der Waals surface area contributed by atoms with Gasteiger partial charge in [0, 0.05) is 33.5 Å². The van der Waals surface area contributed by atoms with Crippen molar-refractivity contribution in [2.75, 3.05) is 9.80 Å². The van der Waals surface area contributed by atoms with Crippen LogP contribution in [0.25, 0.3) is 67.4 Å². The Morgan fingerprint density at radius 3 is 0.934 bits per heavy atom. The number of hydrogen-bond donors (Lipinski definition) is 0. The number of hydrogen-bond acceptors (Lipinski definition) is 2. The summed E-state index contributed by atoms with van der Waals surface area (Å²) in [5.74, 6) is 0. The monoisotopic (exact) mass is 1010 g/mol. The molecular weight excluding hydrogens is 959 g/mol. The number of rotatable bonds is 10. The Morgan fingerprint density at radius 1 is 0.289 bits per heavy atom. The van der Waals surface area contributed by atoms with Gasteiger partial charge in [0.2, 0.25) is 0 Å². The molecule has 0 N–H and O–H groups in total. The number of nitrogens with zero attached hydrogens (tertiary/aromatic N) is 2. The number of benzene rings is 11. The lowest BCUT2D eigenvalue weighted by Crippen LogP contribution is -2.18. The summed E-state index contributed by atoms with van der Waals surface area (Å²) in [5, 5.41) is 3.59. The number of fused-ring (bicyclic) bond motifs is 5. The van der Waals surface area contributed by atoms with Crippen LogP contribution in [0, 0.1) is 27.7 Å². The minimum Gasteiger partial charge on any atom is -0.310 e. The van der Waals surface area contributed by atoms with Crippen molar-refractivity contribution in [3.05, 3.63) is 262 Å². The molecule has 0 radical (unpaired) electrons. The summed E-state index contributed by atoms with van der Waals surface area (Å²) in [6.07, 6.45) is -3.35. The fourth-order valence-corrected chi connectivity index (χ4v) is 10.4. The van der Waals surface area contributed by atoms with Crippen molar-refractivity contribution < 1.29 is 26.3 Å². The molecule has 0 heterocycles. The van der Waals surface area contributed by atoms with Crippen LogP contribution in [0.4, 0.5) is 60.5 Å². The lowest BCUT2D eigenvalue weighted by atomic mass is 9.89. The van der Waals surface area contributed by atoms with Crippen molar-refractivity contribution in [2.45, 2.75) is 40.0 Å². The van der Waals surface area contributed by atoms with Gasteiger partial charge in [-0.05, 0) is 166 Å². The Kier molecular flexibility index (Phi) is 12.8. The SMILES string of the molecule is Cc1ccc(N(c2ccc(/C=C\c3ccc4c(C(F)(F)F)c(C(F)(F)F)c5ccc(/C=C/c6ccc(N(c7ccc(C)cc7)c7ccc(C)c8ccccc78)cc6)cc5c4c3)cc2)c2ccc(C)c3ccccc23)cc1. The molecule has 0 aliphatic heterocycles. The van der Waals surface area contributed by atoms with Gasteiger partial charge in [0.15, 0.2) is 0 Å². The average Bonchev–Trinajstić information content (AvgIpc) is 3.43. The van der Waals surface area contributed by atoms with Gasteiger partial charge in [-0.1, -0.05) is 169 Å². The van der Waals surface area contributed by atoms with Gasteiger partial charge in [-0.2, -0.15) is 26.3 Å². The topological polar surface area (TPSA) is 6.48 Å². The molecule has 76 heavy (non-hydrogen) atoms. The number of aryl methyl sites for hydroxylation is 4. The molecule has 2 nitrogen and oxygen atoms in total. The Morgan fingerprint density at radius 2 is 0.592 bits per heavy atom. The normalized spacial score (nSPS) is 12.2. The Labute approximate surface area is 437 Å². The molecular formula is C68H50F6N2. The molecule has 0 aromatic heterocycles. The molecule has 11 aromatic carbocycles. The molecule has 374 valence electrons. The first-order chi connectivity index (χ1) is 36.6. The van der Waals surface area contributed by atoms with Gasteiger partial charge in [0.25, 0.3) is 0 Å². The zero-order valence-corrected chi connectivity index (χ0v) is 42.1. The second kappa shape index (κ2) is 19.8. The van der Waals surface area contributed by atoms with Crippen LogP contribution in [0.1, 0.15) is 55.6 Å². The zero-order valence-electron chi connectivity index (χ0n) is 42.1. The molecule has 0 saturated heterocycles. The summed E-state index contributed by atoms with van der Waals surface area (Å²) in [5.41, 5.74) is 9.77. The van der Waals surface area contributed by atoms with Gasteiger partial charge < -0.3 is 9.80 Å². The number of anilines is 6. The van der Waals surface area contributed by atoms with Gasteiger partial charge in [-0.15, -0.1) is 0 Å². The fourth-order valence-electron chi connectivity index (χ4n) is 10.4. The molecule has 0 saturated carbocycles. The molecule has 0 aliphatic rings. The van der Waals surface area contributed by atoms with Crippen molar-refractivity contribution >= 4 is 102 Å². The van der Waals surface area contributed by atoms with E-state index in [2.05, 4.69) is 135 Å². The smallest absolute Gasteiger partial charge is 0.310 e. The van der Waals surface area contributed by atoms with E-state index in [4.69, 9.17) is 0 Å². The zero-order chi connectivity index (χ0) is 52.9. The van der Waals surface area contributed by atoms with Crippen LogP contribution in [0.3, 0.4) is 0 Å². The Bertz CT molecular complexity index is 3770. The van der Waals surface area contributed by atoms with E-state index < -0.39 is 34.3 Å². The first-order valence-corrected chi connectivity index (χ1v) is 25.0. The summed E-state index contributed by atoms with van der Waals surface area (Å²) in [7, 11) is 0. The van der Waals surface area contributed by atoms with Crippen molar-refractivity contribution in [2.24, 2.45) is 0 Å². The van der Waals surface area contributed by atoms with Gasteiger partial charge in [0.1, 0.15) is 0 Å². The first kappa shape index (κ1) is 49.3. The Hall–Kier alpha value is -8.88. The highest BCUT2D eigenvalue weighted by atomic mass is 19.4. The third-order valence-electron chi connectivity index (χ3n) is 14.3. The molecule has 0 amide bonds. The van der Waals surface area contributed by atoms with Crippen molar-refractivity contribution in [1.29, 1.82) is 0 Å². The lowest BCUT2D eigenvalue weighted by Gasteiger charge is -2.27. The van der Waals surface area contributed by atoms with E-state index in [1.54, 1.807) is 24.3 Å². The van der Waals surface area contributed by atoms with E-state index in [-0.39, 0.29) is 10.8 Å². The third-order valence-corrected chi connectivity index (χ3v) is 14.3. The van der Waals surface area contributed by atoms with E-state index in [1.807, 2.05) is 84.9 Å². The van der Waals surface area contributed by atoms with Crippen LogP contribution in [0.15, 0.2) is 206 Å². The molecule has 8 heteroatoms. The van der Waals surface area contributed by atoms with Crippen LogP contribution in [-0.2, 0) is 12.4 Å². The van der Waals surface area contributed by atoms with E-state index in [9.17, 15) is 26.3 Å². The second-order valence-corrected chi connectivity index (χ2v) is 19.4. The van der Waals surface area contributed by atoms with Gasteiger partial charge >= 0.3 is 12.4 Å². The van der Waals surface area contributed by atoms with Gasteiger partial charge in [-0.25, -0.2) is 0 Å².